The maximum Gasteiger partial charge on any atom is 0.274 e. The van der Waals surface area contributed by atoms with Crippen LogP contribution in [0.4, 0.5) is 4.39 Å². The molecule has 0 aliphatic carbocycles. The van der Waals surface area contributed by atoms with Gasteiger partial charge < -0.3 is 9.26 Å². The molecule has 8 heteroatoms. The summed E-state index contributed by atoms with van der Waals surface area (Å²) in [5.74, 6) is 0.727. The van der Waals surface area contributed by atoms with Gasteiger partial charge in [0, 0.05) is 12.8 Å². The molecule has 1 aromatic heterocycles. The lowest BCUT2D eigenvalue weighted by Crippen LogP contribution is -2.31. The number of hydrazone groups is 1. The SMILES string of the molecule is O=C1CCC(c2nc(COc3ccc(F)cc3)no2)=NN1Cc1ccccc1. The molecule has 2 heterocycles. The Balaban J connectivity index is 1.44. The molecule has 3 aromatic rings. The molecule has 142 valence electrons. The van der Waals surface area contributed by atoms with E-state index >= 15 is 0 Å². The van der Waals surface area contributed by atoms with Crippen LogP contribution in [0.15, 0.2) is 64.2 Å². The summed E-state index contributed by atoms with van der Waals surface area (Å²) in [6.07, 6.45) is 0.764. The Bertz CT molecular complexity index is 986. The zero-order valence-corrected chi connectivity index (χ0v) is 14.9. The summed E-state index contributed by atoms with van der Waals surface area (Å²) in [4.78, 5) is 16.5. The van der Waals surface area contributed by atoms with E-state index in [0.29, 0.717) is 36.7 Å². The van der Waals surface area contributed by atoms with Gasteiger partial charge in [-0.2, -0.15) is 10.1 Å². The van der Waals surface area contributed by atoms with E-state index in [1.165, 1.54) is 29.3 Å². The molecule has 0 unspecified atom stereocenters. The molecule has 0 fully saturated rings. The van der Waals surface area contributed by atoms with Crippen molar-refractivity contribution in [2.24, 2.45) is 5.10 Å². The lowest BCUT2D eigenvalue weighted by molar-refractivity contribution is -0.132. The van der Waals surface area contributed by atoms with Gasteiger partial charge in [-0.15, -0.1) is 0 Å². The fourth-order valence-corrected chi connectivity index (χ4v) is 2.74. The van der Waals surface area contributed by atoms with E-state index < -0.39 is 0 Å². The van der Waals surface area contributed by atoms with Crippen LogP contribution in [-0.4, -0.2) is 26.8 Å². The van der Waals surface area contributed by atoms with Gasteiger partial charge in [0.05, 0.1) is 6.54 Å². The minimum atomic E-state index is -0.334. The third kappa shape index (κ3) is 4.22. The number of rotatable bonds is 6. The van der Waals surface area contributed by atoms with Crippen LogP contribution >= 0.6 is 0 Å². The standard InChI is InChI=1S/C20H17FN4O3/c21-15-6-8-16(9-7-15)27-13-18-22-20(28-24-18)17-10-11-19(26)25(23-17)12-14-4-2-1-3-5-14/h1-9H,10-13H2. The summed E-state index contributed by atoms with van der Waals surface area (Å²) < 4.78 is 23.7. The third-order valence-corrected chi connectivity index (χ3v) is 4.18. The van der Waals surface area contributed by atoms with E-state index in [4.69, 9.17) is 9.26 Å². The number of benzene rings is 2. The van der Waals surface area contributed by atoms with Crippen LogP contribution in [0.1, 0.15) is 30.1 Å². The average molecular weight is 380 g/mol. The minimum absolute atomic E-state index is 0.0491. The first-order valence-corrected chi connectivity index (χ1v) is 8.80. The summed E-state index contributed by atoms with van der Waals surface area (Å²) in [6, 6.07) is 15.3. The quantitative estimate of drug-likeness (QED) is 0.655. The van der Waals surface area contributed by atoms with Crippen molar-refractivity contribution in [3.8, 4) is 5.75 Å². The molecule has 0 N–H and O–H groups in total. The zero-order chi connectivity index (χ0) is 19.3. The highest BCUT2D eigenvalue weighted by Crippen LogP contribution is 2.18. The number of ether oxygens (including phenoxy) is 1. The molecule has 28 heavy (non-hydrogen) atoms. The number of nitrogens with zero attached hydrogens (tertiary/aromatic N) is 4. The highest BCUT2D eigenvalue weighted by Gasteiger charge is 2.24. The lowest BCUT2D eigenvalue weighted by atomic mass is 10.1. The number of amides is 1. The number of halogens is 1. The monoisotopic (exact) mass is 380 g/mol. The van der Waals surface area contributed by atoms with E-state index in [1.807, 2.05) is 30.3 Å². The smallest absolute Gasteiger partial charge is 0.274 e. The average Bonchev–Trinajstić information content (AvgIpc) is 3.19. The first-order valence-electron chi connectivity index (χ1n) is 8.80. The number of hydrogen-bond acceptors (Lipinski definition) is 6. The second-order valence-electron chi connectivity index (χ2n) is 6.24. The zero-order valence-electron chi connectivity index (χ0n) is 14.9. The first-order chi connectivity index (χ1) is 13.7. The maximum atomic E-state index is 12.9. The summed E-state index contributed by atoms with van der Waals surface area (Å²) in [7, 11) is 0. The van der Waals surface area contributed by atoms with Gasteiger partial charge in [-0.3, -0.25) is 4.79 Å². The van der Waals surface area contributed by atoms with E-state index in [1.54, 1.807) is 0 Å². The van der Waals surface area contributed by atoms with Crippen LogP contribution in [0.25, 0.3) is 0 Å². The Kier molecular flexibility index (Phi) is 5.09. The minimum Gasteiger partial charge on any atom is -0.485 e. The van der Waals surface area contributed by atoms with Crippen LogP contribution in [0.2, 0.25) is 0 Å². The Hall–Kier alpha value is -3.55. The molecule has 1 aliphatic rings. The van der Waals surface area contributed by atoms with Crippen LogP contribution < -0.4 is 4.74 Å². The van der Waals surface area contributed by atoms with Gasteiger partial charge in [0.15, 0.2) is 6.61 Å². The van der Waals surface area contributed by atoms with Gasteiger partial charge in [0.2, 0.25) is 11.7 Å². The topological polar surface area (TPSA) is 80.8 Å². The number of carbonyl (C=O) groups is 1. The highest BCUT2D eigenvalue weighted by atomic mass is 19.1. The molecule has 0 atom stereocenters. The van der Waals surface area contributed by atoms with Crippen molar-refractivity contribution in [2.45, 2.75) is 26.0 Å². The van der Waals surface area contributed by atoms with E-state index in [0.717, 1.165) is 5.56 Å². The molecular weight excluding hydrogens is 363 g/mol. The predicted molar refractivity (Wildman–Crippen MR) is 97.8 cm³/mol. The molecular formula is C20H17FN4O3. The van der Waals surface area contributed by atoms with Gasteiger partial charge in [0.25, 0.3) is 5.89 Å². The molecule has 0 saturated carbocycles. The Morgan fingerprint density at radius 3 is 2.64 bits per heavy atom. The van der Waals surface area contributed by atoms with Crippen molar-refractivity contribution in [3.05, 3.63) is 77.7 Å². The molecule has 0 spiro atoms. The largest absolute Gasteiger partial charge is 0.485 e. The van der Waals surface area contributed by atoms with Crippen molar-refractivity contribution in [3.63, 3.8) is 0 Å². The van der Waals surface area contributed by atoms with E-state index in [-0.39, 0.29) is 24.2 Å². The molecule has 1 aliphatic heterocycles. The lowest BCUT2D eigenvalue weighted by Gasteiger charge is -2.22. The van der Waals surface area contributed by atoms with Crippen LogP contribution in [0.3, 0.4) is 0 Å². The van der Waals surface area contributed by atoms with Gasteiger partial charge in [-0.1, -0.05) is 35.5 Å². The predicted octanol–water partition coefficient (Wildman–Crippen LogP) is 3.31. The highest BCUT2D eigenvalue weighted by molar-refractivity contribution is 6.00. The van der Waals surface area contributed by atoms with Crippen molar-refractivity contribution >= 4 is 11.6 Å². The van der Waals surface area contributed by atoms with Crippen molar-refractivity contribution in [2.75, 3.05) is 0 Å². The fraction of sp³-hybridized carbons (Fsp3) is 0.200. The van der Waals surface area contributed by atoms with E-state index in [9.17, 15) is 9.18 Å². The van der Waals surface area contributed by atoms with Crippen molar-refractivity contribution in [1.82, 2.24) is 15.1 Å². The first kappa shape index (κ1) is 17.8. The van der Waals surface area contributed by atoms with Crippen LogP contribution in [-0.2, 0) is 17.9 Å². The number of hydrogen-bond donors (Lipinski definition) is 0. The number of carbonyl (C=O) groups excluding carboxylic acids is 1. The normalized spacial score (nSPS) is 14.1. The van der Waals surface area contributed by atoms with Gasteiger partial charge in [0.1, 0.15) is 17.3 Å². The summed E-state index contributed by atoms with van der Waals surface area (Å²) in [5, 5.41) is 9.70. The molecule has 0 bridgehead atoms. The van der Waals surface area contributed by atoms with Gasteiger partial charge in [-0.05, 0) is 29.8 Å². The second kappa shape index (κ2) is 7.99. The summed E-state index contributed by atoms with van der Waals surface area (Å²) in [6.45, 7) is 0.465. The molecule has 0 radical (unpaired) electrons. The Labute approximate surface area is 160 Å². The van der Waals surface area contributed by atoms with Gasteiger partial charge in [-0.25, -0.2) is 9.40 Å². The second-order valence-corrected chi connectivity index (χ2v) is 6.24. The molecule has 2 aromatic carbocycles. The van der Waals surface area contributed by atoms with E-state index in [2.05, 4.69) is 15.2 Å². The molecule has 7 nitrogen and oxygen atoms in total. The van der Waals surface area contributed by atoms with Crippen LogP contribution in [0.5, 0.6) is 5.75 Å². The summed E-state index contributed by atoms with van der Waals surface area (Å²) in [5.41, 5.74) is 1.55. The van der Waals surface area contributed by atoms with Crippen LogP contribution in [0, 0.1) is 5.82 Å². The maximum absolute atomic E-state index is 12.9. The molecule has 1 amide bonds. The fourth-order valence-electron chi connectivity index (χ4n) is 2.74. The molecule has 0 saturated heterocycles. The Morgan fingerprint density at radius 1 is 1.07 bits per heavy atom. The molecule has 4 rings (SSSR count). The third-order valence-electron chi connectivity index (χ3n) is 4.18. The summed E-state index contributed by atoms with van der Waals surface area (Å²) >= 11 is 0. The van der Waals surface area contributed by atoms with Crippen molar-refractivity contribution < 1.29 is 18.4 Å². The Morgan fingerprint density at radius 2 is 1.86 bits per heavy atom. The van der Waals surface area contributed by atoms with Crippen molar-refractivity contribution in [1.29, 1.82) is 0 Å². The van der Waals surface area contributed by atoms with Gasteiger partial charge >= 0.3 is 0 Å². The number of aromatic nitrogens is 2.